The molecule has 2 N–H and O–H groups in total. The summed E-state index contributed by atoms with van der Waals surface area (Å²) >= 11 is 0. The number of carbonyl (C=O) groups is 1. The van der Waals surface area contributed by atoms with Gasteiger partial charge >= 0.3 is 0 Å². The average Bonchev–Trinajstić information content (AvgIpc) is 2.40. The van der Waals surface area contributed by atoms with Crippen LogP contribution >= 0.6 is 12.4 Å². The van der Waals surface area contributed by atoms with E-state index >= 15 is 0 Å². The molecule has 2 aliphatic heterocycles. The Balaban J connectivity index is 0.00000162. The molecule has 5 heteroatoms. The molecule has 2 fully saturated rings. The SMILES string of the molecule is Cl.NCCC1CCCCN1C(=O)C1CCCCO1. The van der Waals surface area contributed by atoms with E-state index in [0.717, 1.165) is 51.7 Å². The number of hydrogen-bond acceptors (Lipinski definition) is 3. The van der Waals surface area contributed by atoms with Crippen LogP contribution in [0.1, 0.15) is 44.9 Å². The summed E-state index contributed by atoms with van der Waals surface area (Å²) in [5.41, 5.74) is 5.63. The maximum absolute atomic E-state index is 12.4. The van der Waals surface area contributed by atoms with Crippen LogP contribution in [0.25, 0.3) is 0 Å². The minimum atomic E-state index is -0.179. The molecule has 4 nitrogen and oxygen atoms in total. The predicted octanol–water partition coefficient (Wildman–Crippen LogP) is 1.71. The Kier molecular flexibility index (Phi) is 6.97. The summed E-state index contributed by atoms with van der Waals surface area (Å²) < 4.78 is 5.60. The van der Waals surface area contributed by atoms with Gasteiger partial charge in [0.15, 0.2) is 0 Å². The maximum Gasteiger partial charge on any atom is 0.251 e. The summed E-state index contributed by atoms with van der Waals surface area (Å²) in [7, 11) is 0. The third-order valence-electron chi connectivity index (χ3n) is 3.87. The number of likely N-dealkylation sites (tertiary alicyclic amines) is 1. The van der Waals surface area contributed by atoms with E-state index in [1.165, 1.54) is 6.42 Å². The van der Waals surface area contributed by atoms with Gasteiger partial charge in [0.25, 0.3) is 5.91 Å². The molecule has 0 aromatic rings. The number of hydrogen-bond donors (Lipinski definition) is 1. The first kappa shape index (κ1) is 15.7. The molecule has 0 radical (unpaired) electrons. The van der Waals surface area contributed by atoms with Crippen molar-refractivity contribution >= 4 is 18.3 Å². The van der Waals surface area contributed by atoms with Gasteiger partial charge in [-0.3, -0.25) is 4.79 Å². The van der Waals surface area contributed by atoms with Crippen LogP contribution < -0.4 is 5.73 Å². The minimum Gasteiger partial charge on any atom is -0.368 e. The highest BCUT2D eigenvalue weighted by Crippen LogP contribution is 2.23. The molecule has 0 aromatic carbocycles. The second-order valence-corrected chi connectivity index (χ2v) is 5.11. The second-order valence-electron chi connectivity index (χ2n) is 5.11. The molecule has 2 rings (SSSR count). The quantitative estimate of drug-likeness (QED) is 0.854. The number of nitrogens with two attached hydrogens (primary N) is 1. The van der Waals surface area contributed by atoms with Gasteiger partial charge in [0, 0.05) is 19.2 Å². The number of rotatable bonds is 3. The third kappa shape index (κ3) is 3.84. The Labute approximate surface area is 116 Å². The van der Waals surface area contributed by atoms with Crippen molar-refractivity contribution < 1.29 is 9.53 Å². The maximum atomic E-state index is 12.4. The molecule has 106 valence electrons. The largest absolute Gasteiger partial charge is 0.368 e. The fourth-order valence-electron chi connectivity index (χ4n) is 2.90. The van der Waals surface area contributed by atoms with Gasteiger partial charge in [-0.1, -0.05) is 0 Å². The van der Waals surface area contributed by atoms with Crippen LogP contribution in [0.15, 0.2) is 0 Å². The third-order valence-corrected chi connectivity index (χ3v) is 3.87. The van der Waals surface area contributed by atoms with Crippen molar-refractivity contribution in [3.05, 3.63) is 0 Å². The fourth-order valence-corrected chi connectivity index (χ4v) is 2.90. The van der Waals surface area contributed by atoms with Crippen LogP contribution in [0.5, 0.6) is 0 Å². The van der Waals surface area contributed by atoms with Crippen molar-refractivity contribution in [1.29, 1.82) is 0 Å². The molecule has 2 aliphatic rings. The number of carbonyl (C=O) groups excluding carboxylic acids is 1. The summed E-state index contributed by atoms with van der Waals surface area (Å²) in [5.74, 6) is 0.211. The molecular weight excluding hydrogens is 252 g/mol. The number of nitrogens with zero attached hydrogens (tertiary/aromatic N) is 1. The zero-order valence-electron chi connectivity index (χ0n) is 11.0. The summed E-state index contributed by atoms with van der Waals surface area (Å²) in [6, 6.07) is 0.353. The lowest BCUT2D eigenvalue weighted by atomic mass is 9.97. The lowest BCUT2D eigenvalue weighted by molar-refractivity contribution is -0.150. The predicted molar refractivity (Wildman–Crippen MR) is 73.9 cm³/mol. The number of ether oxygens (including phenoxy) is 1. The Bertz CT molecular complexity index is 255. The van der Waals surface area contributed by atoms with Crippen LogP contribution in [0.2, 0.25) is 0 Å². The lowest BCUT2D eigenvalue weighted by Gasteiger charge is -2.38. The van der Waals surface area contributed by atoms with Crippen LogP contribution in [-0.2, 0) is 9.53 Å². The van der Waals surface area contributed by atoms with Crippen molar-refractivity contribution in [1.82, 2.24) is 4.90 Å². The summed E-state index contributed by atoms with van der Waals surface area (Å²) in [5, 5.41) is 0. The summed E-state index contributed by atoms with van der Waals surface area (Å²) in [6.07, 6.45) is 7.31. The molecule has 0 aromatic heterocycles. The van der Waals surface area contributed by atoms with E-state index in [-0.39, 0.29) is 24.4 Å². The fraction of sp³-hybridized carbons (Fsp3) is 0.923. The summed E-state index contributed by atoms with van der Waals surface area (Å²) in [4.78, 5) is 14.4. The molecule has 0 spiro atoms. The first-order valence-electron chi connectivity index (χ1n) is 6.95. The zero-order chi connectivity index (χ0) is 12.1. The molecule has 18 heavy (non-hydrogen) atoms. The van der Waals surface area contributed by atoms with E-state index in [1.54, 1.807) is 0 Å². The molecule has 1 amide bonds. The first-order chi connectivity index (χ1) is 8.33. The highest BCUT2D eigenvalue weighted by Gasteiger charge is 2.32. The molecule has 0 aliphatic carbocycles. The van der Waals surface area contributed by atoms with Gasteiger partial charge < -0.3 is 15.4 Å². The number of piperidine rings is 1. The topological polar surface area (TPSA) is 55.6 Å². The molecule has 0 bridgehead atoms. The minimum absolute atomic E-state index is 0. The standard InChI is InChI=1S/C13H24N2O2.ClH/c14-8-7-11-5-1-3-9-15(11)13(16)12-6-2-4-10-17-12;/h11-12H,1-10,14H2;1H. The van der Waals surface area contributed by atoms with Gasteiger partial charge in [-0.15, -0.1) is 12.4 Å². The van der Waals surface area contributed by atoms with Gasteiger partial charge in [-0.2, -0.15) is 0 Å². The Morgan fingerprint density at radius 1 is 1.22 bits per heavy atom. The molecule has 2 saturated heterocycles. The van der Waals surface area contributed by atoms with Gasteiger partial charge in [0.05, 0.1) is 0 Å². The van der Waals surface area contributed by atoms with Crippen LogP contribution in [-0.4, -0.2) is 42.6 Å². The van der Waals surface area contributed by atoms with E-state index in [1.807, 2.05) is 4.90 Å². The van der Waals surface area contributed by atoms with Gasteiger partial charge in [0.2, 0.25) is 0 Å². The highest BCUT2D eigenvalue weighted by molar-refractivity contribution is 5.85. The van der Waals surface area contributed by atoms with Gasteiger partial charge in [0.1, 0.15) is 6.10 Å². The first-order valence-corrected chi connectivity index (χ1v) is 6.95. The van der Waals surface area contributed by atoms with E-state index in [9.17, 15) is 4.79 Å². The second kappa shape index (κ2) is 7.97. The van der Waals surface area contributed by atoms with Gasteiger partial charge in [-0.05, 0) is 51.5 Å². The molecule has 2 heterocycles. The molecule has 2 unspecified atom stereocenters. The van der Waals surface area contributed by atoms with Crippen molar-refractivity contribution in [3.63, 3.8) is 0 Å². The smallest absolute Gasteiger partial charge is 0.251 e. The van der Waals surface area contributed by atoms with Crippen molar-refractivity contribution in [2.75, 3.05) is 19.7 Å². The van der Waals surface area contributed by atoms with E-state index in [2.05, 4.69) is 0 Å². The molecule has 0 saturated carbocycles. The van der Waals surface area contributed by atoms with E-state index in [0.29, 0.717) is 12.6 Å². The van der Waals surface area contributed by atoms with Crippen LogP contribution in [0.3, 0.4) is 0 Å². The van der Waals surface area contributed by atoms with Crippen LogP contribution in [0.4, 0.5) is 0 Å². The molecule has 2 atom stereocenters. The van der Waals surface area contributed by atoms with E-state index in [4.69, 9.17) is 10.5 Å². The Morgan fingerprint density at radius 3 is 2.67 bits per heavy atom. The number of halogens is 1. The number of amides is 1. The average molecular weight is 277 g/mol. The molecular formula is C13H25ClN2O2. The Hall–Kier alpha value is -0.320. The van der Waals surface area contributed by atoms with Crippen LogP contribution in [0, 0.1) is 0 Å². The van der Waals surface area contributed by atoms with Gasteiger partial charge in [-0.25, -0.2) is 0 Å². The zero-order valence-corrected chi connectivity index (χ0v) is 11.8. The van der Waals surface area contributed by atoms with Crippen molar-refractivity contribution in [3.8, 4) is 0 Å². The normalized spacial score (nSPS) is 28.6. The summed E-state index contributed by atoms with van der Waals surface area (Å²) in [6.45, 7) is 2.30. The Morgan fingerprint density at radius 2 is 2.00 bits per heavy atom. The highest BCUT2D eigenvalue weighted by atomic mass is 35.5. The lowest BCUT2D eigenvalue weighted by Crippen LogP contribution is -2.50. The van der Waals surface area contributed by atoms with Crippen molar-refractivity contribution in [2.24, 2.45) is 5.73 Å². The van der Waals surface area contributed by atoms with Crippen molar-refractivity contribution in [2.45, 2.75) is 57.1 Å². The monoisotopic (exact) mass is 276 g/mol. The van der Waals surface area contributed by atoms with E-state index < -0.39 is 0 Å².